The Kier molecular flexibility index (Phi) is 8.39. The maximum atomic E-state index is 14.9. The smallest absolute Gasteiger partial charge is 0.416 e. The van der Waals surface area contributed by atoms with E-state index in [0.29, 0.717) is 17.8 Å². The third-order valence-electron chi connectivity index (χ3n) is 4.99. The quantitative estimate of drug-likeness (QED) is 0.380. The summed E-state index contributed by atoms with van der Waals surface area (Å²) >= 11 is 6.19. The average molecular weight is 550 g/mol. The van der Waals surface area contributed by atoms with Gasteiger partial charge in [-0.25, -0.2) is 13.8 Å². The van der Waals surface area contributed by atoms with E-state index in [4.69, 9.17) is 11.6 Å². The number of hydrogen-bond donors (Lipinski definition) is 2. The molecule has 0 fully saturated rings. The van der Waals surface area contributed by atoms with Gasteiger partial charge in [-0.1, -0.05) is 23.7 Å². The zero-order valence-electron chi connectivity index (χ0n) is 18.9. The molecule has 1 heterocycles. The maximum Gasteiger partial charge on any atom is 0.416 e. The molecular weight excluding hydrogens is 529 g/mol. The first-order chi connectivity index (χ1) is 16.8. The van der Waals surface area contributed by atoms with E-state index in [1.54, 1.807) is 14.1 Å². The molecule has 194 valence electrons. The van der Waals surface area contributed by atoms with E-state index in [1.165, 1.54) is 4.90 Å². The van der Waals surface area contributed by atoms with Crippen LogP contribution in [-0.4, -0.2) is 40.6 Å². The molecule has 7 nitrogen and oxygen atoms in total. The summed E-state index contributed by atoms with van der Waals surface area (Å²) < 4.78 is 93.7. The largest absolute Gasteiger partial charge is 0.655 e. The van der Waals surface area contributed by atoms with Crippen molar-refractivity contribution in [1.82, 2.24) is 10.3 Å². The van der Waals surface area contributed by atoms with Crippen molar-refractivity contribution in [2.75, 3.05) is 32.1 Å². The van der Waals surface area contributed by atoms with E-state index in [1.807, 2.05) is 0 Å². The Morgan fingerprint density at radius 3 is 2.44 bits per heavy atom. The maximum absolute atomic E-state index is 14.9. The van der Waals surface area contributed by atoms with Crippen LogP contribution in [0.4, 0.5) is 44.8 Å². The second kappa shape index (κ2) is 10.9. The molecule has 3 rings (SSSR count). The lowest BCUT2D eigenvalue weighted by Crippen LogP contribution is -2.81. The lowest BCUT2D eigenvalue weighted by Gasteiger charge is -2.32. The number of sulfonamides is 1. The van der Waals surface area contributed by atoms with Crippen molar-refractivity contribution in [2.24, 2.45) is 0 Å². The zero-order chi connectivity index (χ0) is 26.7. The van der Waals surface area contributed by atoms with Gasteiger partial charge in [0, 0.05) is 36.9 Å². The molecule has 14 heteroatoms. The van der Waals surface area contributed by atoms with Gasteiger partial charge in [0.25, 0.3) is 0 Å². The van der Waals surface area contributed by atoms with Crippen LogP contribution in [0.3, 0.4) is 0 Å². The van der Waals surface area contributed by atoms with Gasteiger partial charge in [0.1, 0.15) is 11.6 Å². The molecule has 1 aromatic heterocycles. The van der Waals surface area contributed by atoms with Gasteiger partial charge in [0.2, 0.25) is 5.82 Å². The molecule has 0 atom stereocenters. The van der Waals surface area contributed by atoms with Gasteiger partial charge in [-0.05, 0) is 31.3 Å². The molecular formula is C22H21ClF5N5O2S. The summed E-state index contributed by atoms with van der Waals surface area (Å²) in [5.41, 5.74) is -0.892. The molecule has 0 aliphatic rings. The fourth-order valence-corrected chi connectivity index (χ4v) is 4.60. The number of aromatic nitrogens is 1. The summed E-state index contributed by atoms with van der Waals surface area (Å²) in [5, 5.41) is 6.85. The Hall–Kier alpha value is -3.00. The Morgan fingerprint density at radius 1 is 1.11 bits per heavy atom. The number of alkyl halides is 3. The topological polar surface area (TPSA) is 93.0 Å². The molecule has 2 aromatic carbocycles. The highest BCUT2D eigenvalue weighted by molar-refractivity contribution is 7.85. The van der Waals surface area contributed by atoms with Gasteiger partial charge in [0.15, 0.2) is 4.90 Å². The predicted molar refractivity (Wildman–Crippen MR) is 126 cm³/mol. The van der Waals surface area contributed by atoms with Crippen LogP contribution in [0.15, 0.2) is 53.6 Å². The number of rotatable bonds is 9. The van der Waals surface area contributed by atoms with Crippen molar-refractivity contribution in [3.8, 4) is 0 Å². The van der Waals surface area contributed by atoms with Gasteiger partial charge in [-0.15, -0.1) is 11.4 Å². The SMILES string of the molecule is CNCCN(C)c1cc(C(F)(F)F)ccc1[N-]c1cc(F)c(S(=O)(=O)[NH2+]c2ccc(F)cn2)cc1Cl. The van der Waals surface area contributed by atoms with Crippen LogP contribution in [0, 0.1) is 11.6 Å². The second-order valence-corrected chi connectivity index (χ2v) is 9.81. The van der Waals surface area contributed by atoms with E-state index in [-0.39, 0.29) is 27.9 Å². The van der Waals surface area contributed by atoms with Crippen molar-refractivity contribution in [3.63, 3.8) is 0 Å². The number of quaternary nitrogens is 1. The molecule has 0 saturated heterocycles. The molecule has 0 amide bonds. The van der Waals surface area contributed by atoms with Gasteiger partial charge >= 0.3 is 16.2 Å². The number of likely N-dealkylation sites (N-methyl/N-ethyl adjacent to an activating group) is 2. The highest BCUT2D eigenvalue weighted by Crippen LogP contribution is 2.44. The fourth-order valence-electron chi connectivity index (χ4n) is 3.13. The Bertz CT molecular complexity index is 1340. The van der Waals surface area contributed by atoms with Crippen LogP contribution in [0.25, 0.3) is 5.32 Å². The first-order valence-corrected chi connectivity index (χ1v) is 12.2. The van der Waals surface area contributed by atoms with E-state index in [0.717, 1.165) is 48.7 Å². The third kappa shape index (κ3) is 6.60. The van der Waals surface area contributed by atoms with Gasteiger partial charge in [-0.2, -0.15) is 26.3 Å². The fraction of sp³-hybridized carbons (Fsp3) is 0.227. The zero-order valence-corrected chi connectivity index (χ0v) is 20.5. The lowest BCUT2D eigenvalue weighted by molar-refractivity contribution is -0.402. The molecule has 0 aliphatic heterocycles. The first kappa shape index (κ1) is 27.6. The van der Waals surface area contributed by atoms with Crippen molar-refractivity contribution in [2.45, 2.75) is 11.1 Å². The predicted octanol–water partition coefficient (Wildman–Crippen LogP) is 4.61. The number of hydrogen-bond acceptors (Lipinski definition) is 5. The van der Waals surface area contributed by atoms with Crippen LogP contribution in [0.1, 0.15) is 5.56 Å². The molecule has 0 unspecified atom stereocenters. The molecule has 0 spiro atoms. The summed E-state index contributed by atoms with van der Waals surface area (Å²) in [5.74, 6) is -1.99. The van der Waals surface area contributed by atoms with Gasteiger partial charge < -0.3 is 15.5 Å². The van der Waals surface area contributed by atoms with Crippen LogP contribution >= 0.6 is 11.6 Å². The number of halogens is 6. The monoisotopic (exact) mass is 549 g/mol. The van der Waals surface area contributed by atoms with Gasteiger partial charge in [-0.3, -0.25) is 0 Å². The second-order valence-electron chi connectivity index (χ2n) is 7.64. The number of anilines is 1. The highest BCUT2D eigenvalue weighted by atomic mass is 35.5. The van der Waals surface area contributed by atoms with Crippen LogP contribution in [0.5, 0.6) is 0 Å². The Balaban J connectivity index is 1.95. The number of nitrogens with zero attached hydrogens (tertiary/aromatic N) is 3. The van der Waals surface area contributed by atoms with Crippen LogP contribution in [0.2, 0.25) is 5.02 Å². The molecule has 3 aromatic rings. The summed E-state index contributed by atoms with van der Waals surface area (Å²) in [4.78, 5) is 4.39. The van der Waals surface area contributed by atoms with E-state index in [2.05, 4.69) is 15.6 Å². The summed E-state index contributed by atoms with van der Waals surface area (Å²) in [7, 11) is -1.11. The van der Waals surface area contributed by atoms with Crippen molar-refractivity contribution in [1.29, 1.82) is 0 Å². The van der Waals surface area contributed by atoms with Gasteiger partial charge in [0.05, 0.1) is 11.8 Å². The minimum Gasteiger partial charge on any atom is -0.655 e. The van der Waals surface area contributed by atoms with Crippen LogP contribution < -0.4 is 14.9 Å². The molecule has 0 saturated carbocycles. The van der Waals surface area contributed by atoms with Crippen molar-refractivity contribution >= 4 is 44.5 Å². The van der Waals surface area contributed by atoms with Crippen molar-refractivity contribution in [3.05, 3.63) is 76.2 Å². The number of primary sulfonamides is 1. The summed E-state index contributed by atoms with van der Waals surface area (Å²) in [6.07, 6.45) is -3.78. The summed E-state index contributed by atoms with van der Waals surface area (Å²) in [6.45, 7) is 0.806. The lowest BCUT2D eigenvalue weighted by atomic mass is 10.1. The standard InChI is InChI=1S/C22H20ClF5N5O2S/c1-29-7-8-33(2)19-9-13(22(26,27)28)3-5-17(19)31-18-11-16(25)20(10-15(18)23)36(34,35)32-21-6-4-14(24)12-30-21/h3-6,9-12,29H,7-8H2,1-2H3,(H,30,32)/q-1/p+1. The van der Waals surface area contributed by atoms with Crippen LogP contribution in [-0.2, 0) is 16.2 Å². The Morgan fingerprint density at radius 2 is 1.83 bits per heavy atom. The molecule has 0 radical (unpaired) electrons. The molecule has 0 aliphatic carbocycles. The molecule has 3 N–H and O–H groups in total. The minimum atomic E-state index is -4.59. The average Bonchev–Trinajstić information content (AvgIpc) is 2.80. The summed E-state index contributed by atoms with van der Waals surface area (Å²) in [6, 6.07) is 6.60. The van der Waals surface area contributed by atoms with E-state index < -0.39 is 38.3 Å². The first-order valence-electron chi connectivity index (χ1n) is 10.3. The molecule has 0 bridgehead atoms. The third-order valence-corrected chi connectivity index (χ3v) is 6.77. The molecule has 36 heavy (non-hydrogen) atoms. The van der Waals surface area contributed by atoms with E-state index >= 15 is 0 Å². The number of pyridine rings is 1. The van der Waals surface area contributed by atoms with E-state index in [9.17, 15) is 30.4 Å². The highest BCUT2D eigenvalue weighted by Gasteiger charge is 2.31. The number of nitrogens with one attached hydrogen (secondary N) is 1. The normalized spacial score (nSPS) is 12.0. The minimum absolute atomic E-state index is 0.0700. The van der Waals surface area contributed by atoms with Crippen molar-refractivity contribution < 1.29 is 35.1 Å². The number of benzene rings is 2. The number of nitrogens with two attached hydrogens (primary N) is 1. The Labute approximate surface area is 209 Å².